The average Bonchev–Trinajstić information content (AvgIpc) is 2.61. The first-order valence-corrected chi connectivity index (χ1v) is 7.93. The number of pyridine rings is 1. The minimum Gasteiger partial charge on any atom is -0.357 e. The van der Waals surface area contributed by atoms with Crippen molar-refractivity contribution in [2.75, 3.05) is 18.0 Å². The zero-order valence-electron chi connectivity index (χ0n) is 13.3. The highest BCUT2D eigenvalue weighted by Crippen LogP contribution is 2.30. The van der Waals surface area contributed by atoms with Crippen molar-refractivity contribution >= 4 is 11.6 Å². The molecule has 0 unspecified atom stereocenters. The van der Waals surface area contributed by atoms with Gasteiger partial charge in [-0.1, -0.05) is 6.07 Å². The van der Waals surface area contributed by atoms with E-state index in [0.29, 0.717) is 31.5 Å². The molecule has 25 heavy (non-hydrogen) atoms. The van der Waals surface area contributed by atoms with E-state index in [2.05, 4.69) is 4.98 Å². The van der Waals surface area contributed by atoms with Gasteiger partial charge in [-0.05, 0) is 49.2 Å². The van der Waals surface area contributed by atoms with Gasteiger partial charge in [0.1, 0.15) is 17.3 Å². The van der Waals surface area contributed by atoms with Gasteiger partial charge in [-0.25, -0.2) is 9.37 Å². The maximum Gasteiger partial charge on any atom is 0.433 e. The molecule has 0 radical (unpaired) electrons. The topological polar surface area (TPSA) is 33.2 Å². The minimum atomic E-state index is -4.48. The number of hydrogen-bond acceptors (Lipinski definition) is 3. The normalized spacial score (nSPS) is 16.1. The Morgan fingerprint density at radius 1 is 1.04 bits per heavy atom. The molecule has 0 saturated carbocycles. The first-order valence-electron chi connectivity index (χ1n) is 7.93. The molecule has 0 N–H and O–H groups in total. The summed E-state index contributed by atoms with van der Waals surface area (Å²) in [5, 5.41) is 0. The maximum atomic E-state index is 12.9. The van der Waals surface area contributed by atoms with E-state index in [9.17, 15) is 22.4 Å². The van der Waals surface area contributed by atoms with Crippen LogP contribution in [0.5, 0.6) is 0 Å². The molecule has 2 heterocycles. The minimum absolute atomic E-state index is 0.0587. The summed E-state index contributed by atoms with van der Waals surface area (Å²) in [6, 6.07) is 9.22. The number of alkyl halides is 3. The van der Waals surface area contributed by atoms with Crippen LogP contribution in [0, 0.1) is 11.7 Å². The van der Waals surface area contributed by atoms with Gasteiger partial charge in [-0.2, -0.15) is 13.2 Å². The monoisotopic (exact) mass is 352 g/mol. The molecular weight excluding hydrogens is 336 g/mol. The molecular formula is C18H16F4N2O. The summed E-state index contributed by atoms with van der Waals surface area (Å²) < 4.78 is 51.2. The smallest absolute Gasteiger partial charge is 0.357 e. The molecule has 1 fully saturated rings. The van der Waals surface area contributed by atoms with Crippen LogP contribution in [0.4, 0.5) is 23.4 Å². The molecule has 1 aliphatic rings. The Hall–Kier alpha value is -2.44. The molecule has 7 heteroatoms. The molecule has 1 aliphatic heterocycles. The lowest BCUT2D eigenvalue weighted by molar-refractivity contribution is -0.141. The van der Waals surface area contributed by atoms with Crippen molar-refractivity contribution in [1.82, 2.24) is 4.98 Å². The van der Waals surface area contributed by atoms with Crippen molar-refractivity contribution < 1.29 is 22.4 Å². The largest absolute Gasteiger partial charge is 0.433 e. The van der Waals surface area contributed by atoms with Gasteiger partial charge in [0, 0.05) is 24.6 Å². The lowest BCUT2D eigenvalue weighted by Gasteiger charge is -2.32. The van der Waals surface area contributed by atoms with Crippen molar-refractivity contribution in [3.63, 3.8) is 0 Å². The number of piperidine rings is 1. The third-order valence-electron chi connectivity index (χ3n) is 4.34. The number of Topliss-reactive ketones (excluding diaryl/α,β-unsaturated/α-hetero) is 1. The van der Waals surface area contributed by atoms with Gasteiger partial charge < -0.3 is 4.90 Å². The predicted molar refractivity (Wildman–Crippen MR) is 84.9 cm³/mol. The fourth-order valence-corrected chi connectivity index (χ4v) is 2.98. The molecule has 3 nitrogen and oxygen atoms in total. The Morgan fingerprint density at radius 2 is 1.68 bits per heavy atom. The second-order valence-corrected chi connectivity index (χ2v) is 6.01. The van der Waals surface area contributed by atoms with Gasteiger partial charge in [0.05, 0.1) is 0 Å². The van der Waals surface area contributed by atoms with Crippen molar-refractivity contribution in [1.29, 1.82) is 0 Å². The zero-order chi connectivity index (χ0) is 18.0. The Balaban J connectivity index is 1.66. The third kappa shape index (κ3) is 3.97. The number of anilines is 1. The molecule has 0 amide bonds. The lowest BCUT2D eigenvalue weighted by atomic mass is 9.89. The molecule has 3 rings (SSSR count). The fraction of sp³-hybridized carbons (Fsp3) is 0.333. The van der Waals surface area contributed by atoms with E-state index in [-0.39, 0.29) is 17.5 Å². The average molecular weight is 352 g/mol. The number of nitrogens with zero attached hydrogens (tertiary/aromatic N) is 2. The Labute approximate surface area is 142 Å². The molecule has 132 valence electrons. The second-order valence-electron chi connectivity index (χ2n) is 6.01. The summed E-state index contributed by atoms with van der Waals surface area (Å²) >= 11 is 0. The standard InChI is InChI=1S/C18H16F4N2O/c19-14-6-4-12(5-7-14)17(25)13-8-10-24(11-9-13)16-3-1-2-15(23-16)18(20,21)22/h1-7,13H,8-11H2. The van der Waals surface area contributed by atoms with Crippen molar-refractivity contribution in [2.24, 2.45) is 5.92 Å². The van der Waals surface area contributed by atoms with Crippen molar-refractivity contribution in [2.45, 2.75) is 19.0 Å². The number of hydrogen-bond donors (Lipinski definition) is 0. The first kappa shape index (κ1) is 17.4. The Bertz CT molecular complexity index is 750. The van der Waals surface area contributed by atoms with E-state index in [4.69, 9.17) is 0 Å². The molecule has 0 spiro atoms. The van der Waals surface area contributed by atoms with Gasteiger partial charge in [0.25, 0.3) is 0 Å². The number of carbonyl (C=O) groups excluding carboxylic acids is 1. The van der Waals surface area contributed by atoms with Crippen LogP contribution >= 0.6 is 0 Å². The molecule has 2 aromatic rings. The molecule has 1 saturated heterocycles. The highest BCUT2D eigenvalue weighted by atomic mass is 19.4. The summed E-state index contributed by atoms with van der Waals surface area (Å²) in [5.74, 6) is -0.409. The maximum absolute atomic E-state index is 12.9. The van der Waals surface area contributed by atoms with Crippen LogP contribution in [0.1, 0.15) is 28.9 Å². The van der Waals surface area contributed by atoms with Crippen LogP contribution in [-0.4, -0.2) is 23.9 Å². The van der Waals surface area contributed by atoms with Gasteiger partial charge in [-0.15, -0.1) is 0 Å². The number of aromatic nitrogens is 1. The van der Waals surface area contributed by atoms with Crippen LogP contribution in [0.2, 0.25) is 0 Å². The summed E-state index contributed by atoms with van der Waals surface area (Å²) in [6.45, 7) is 0.901. The van der Waals surface area contributed by atoms with Crippen LogP contribution in [0.3, 0.4) is 0 Å². The molecule has 1 aromatic heterocycles. The van der Waals surface area contributed by atoms with Crippen LogP contribution in [0.25, 0.3) is 0 Å². The molecule has 0 bridgehead atoms. The predicted octanol–water partition coefficient (Wildman–Crippen LogP) is 4.34. The summed E-state index contributed by atoms with van der Waals surface area (Å²) in [5.41, 5.74) is -0.466. The zero-order valence-corrected chi connectivity index (χ0v) is 13.3. The second kappa shape index (κ2) is 6.82. The Kier molecular flexibility index (Phi) is 4.74. The van der Waals surface area contributed by atoms with Crippen LogP contribution < -0.4 is 4.90 Å². The quantitative estimate of drug-likeness (QED) is 0.609. The highest BCUT2D eigenvalue weighted by molar-refractivity contribution is 5.97. The van der Waals surface area contributed by atoms with Crippen molar-refractivity contribution in [3.8, 4) is 0 Å². The lowest BCUT2D eigenvalue weighted by Crippen LogP contribution is -2.37. The van der Waals surface area contributed by atoms with E-state index in [0.717, 1.165) is 6.07 Å². The van der Waals surface area contributed by atoms with Crippen molar-refractivity contribution in [3.05, 3.63) is 59.5 Å². The molecule has 0 atom stereocenters. The van der Waals surface area contributed by atoms with Gasteiger partial charge in [-0.3, -0.25) is 4.79 Å². The van der Waals surface area contributed by atoms with Gasteiger partial charge in [0.15, 0.2) is 5.78 Å². The SMILES string of the molecule is O=C(c1ccc(F)cc1)C1CCN(c2cccc(C(F)(F)F)n2)CC1. The summed E-state index contributed by atoms with van der Waals surface area (Å²) in [6.07, 6.45) is -3.44. The number of carbonyl (C=O) groups is 1. The fourth-order valence-electron chi connectivity index (χ4n) is 2.98. The van der Waals surface area contributed by atoms with Gasteiger partial charge in [0.2, 0.25) is 0 Å². The van der Waals surface area contributed by atoms with Crippen LogP contribution in [-0.2, 0) is 6.18 Å². The summed E-state index contributed by atoms with van der Waals surface area (Å²) in [4.78, 5) is 17.9. The Morgan fingerprint density at radius 3 is 2.28 bits per heavy atom. The van der Waals surface area contributed by atoms with E-state index < -0.39 is 17.7 Å². The third-order valence-corrected chi connectivity index (χ3v) is 4.34. The molecule has 0 aliphatic carbocycles. The molecule has 1 aromatic carbocycles. The number of benzene rings is 1. The first-order chi connectivity index (χ1) is 11.8. The van der Waals surface area contributed by atoms with E-state index in [1.807, 2.05) is 0 Å². The summed E-state index contributed by atoms with van der Waals surface area (Å²) in [7, 11) is 0. The number of halogens is 4. The van der Waals surface area contributed by atoms with Gasteiger partial charge >= 0.3 is 6.18 Å². The number of ketones is 1. The van der Waals surface area contributed by atoms with Crippen LogP contribution in [0.15, 0.2) is 42.5 Å². The highest BCUT2D eigenvalue weighted by Gasteiger charge is 2.33. The van der Waals surface area contributed by atoms with E-state index >= 15 is 0 Å². The van der Waals surface area contributed by atoms with E-state index in [1.54, 1.807) is 4.90 Å². The number of rotatable bonds is 3. The van der Waals surface area contributed by atoms with E-state index in [1.165, 1.54) is 36.4 Å².